The lowest BCUT2D eigenvalue weighted by Gasteiger charge is -2.13. The Kier molecular flexibility index (Phi) is 3.98. The van der Waals surface area contributed by atoms with Gasteiger partial charge in [-0.25, -0.2) is 0 Å². The van der Waals surface area contributed by atoms with Crippen LogP contribution < -0.4 is 14.8 Å². The lowest BCUT2D eigenvalue weighted by atomic mass is 10.1. The average Bonchev–Trinajstić information content (AvgIpc) is 3.04. The monoisotopic (exact) mass is 320 g/mol. The molecule has 0 aliphatic carbocycles. The van der Waals surface area contributed by atoms with Gasteiger partial charge in [-0.3, -0.25) is 4.79 Å². The number of aromatic nitrogens is 1. The summed E-state index contributed by atoms with van der Waals surface area (Å²) in [4.78, 5) is 15.1. The predicted octanol–water partition coefficient (Wildman–Crippen LogP) is 3.64. The zero-order valence-corrected chi connectivity index (χ0v) is 13.2. The molecule has 116 valence electrons. The van der Waals surface area contributed by atoms with Crippen LogP contribution in [0.15, 0.2) is 24.4 Å². The summed E-state index contributed by atoms with van der Waals surface area (Å²) < 4.78 is 11.4. The van der Waals surface area contributed by atoms with Gasteiger partial charge in [0.1, 0.15) is 23.3 Å². The Labute approximate surface area is 133 Å². The smallest absolute Gasteiger partial charge is 0.272 e. The van der Waals surface area contributed by atoms with Gasteiger partial charge in [0.25, 0.3) is 5.91 Å². The lowest BCUT2D eigenvalue weighted by molar-refractivity contribution is 0.102. The van der Waals surface area contributed by atoms with Crippen molar-refractivity contribution in [3.63, 3.8) is 0 Å². The first-order valence-electron chi connectivity index (χ1n) is 7.18. The van der Waals surface area contributed by atoms with Crippen LogP contribution in [0.25, 0.3) is 0 Å². The van der Waals surface area contributed by atoms with Crippen molar-refractivity contribution in [2.45, 2.75) is 26.4 Å². The van der Waals surface area contributed by atoms with E-state index in [1.54, 1.807) is 12.3 Å². The van der Waals surface area contributed by atoms with Gasteiger partial charge < -0.3 is 19.8 Å². The van der Waals surface area contributed by atoms with Crippen LogP contribution in [0.2, 0.25) is 5.02 Å². The number of ether oxygens (including phenoxy) is 2. The van der Waals surface area contributed by atoms with Gasteiger partial charge in [-0.1, -0.05) is 11.6 Å². The van der Waals surface area contributed by atoms with Gasteiger partial charge in [0.15, 0.2) is 0 Å². The molecular formula is C16H17ClN2O3. The van der Waals surface area contributed by atoms with E-state index in [0.29, 0.717) is 28.8 Å². The van der Waals surface area contributed by atoms with E-state index >= 15 is 0 Å². The van der Waals surface area contributed by atoms with Crippen LogP contribution in [0.4, 0.5) is 5.69 Å². The van der Waals surface area contributed by atoms with E-state index in [2.05, 4.69) is 10.3 Å². The van der Waals surface area contributed by atoms with Gasteiger partial charge in [0.2, 0.25) is 0 Å². The number of fused-ring (bicyclic) bond motifs is 1. The van der Waals surface area contributed by atoms with Crippen molar-refractivity contribution in [1.29, 1.82) is 0 Å². The highest BCUT2D eigenvalue weighted by molar-refractivity contribution is 6.31. The quantitative estimate of drug-likeness (QED) is 0.904. The molecule has 6 heteroatoms. The first-order valence-corrected chi connectivity index (χ1v) is 7.56. The summed E-state index contributed by atoms with van der Waals surface area (Å²) in [6.07, 6.45) is 2.54. The van der Waals surface area contributed by atoms with E-state index in [0.717, 1.165) is 17.7 Å². The zero-order chi connectivity index (χ0) is 15.7. The Balaban J connectivity index is 1.89. The number of hydrogen-bond donors (Lipinski definition) is 2. The molecule has 0 fully saturated rings. The number of rotatable bonds is 4. The van der Waals surface area contributed by atoms with E-state index < -0.39 is 0 Å². The molecule has 22 heavy (non-hydrogen) atoms. The fraction of sp³-hybridized carbons (Fsp3) is 0.312. The molecule has 0 saturated heterocycles. The maximum atomic E-state index is 12.3. The van der Waals surface area contributed by atoms with Crippen molar-refractivity contribution >= 4 is 23.2 Å². The van der Waals surface area contributed by atoms with E-state index in [-0.39, 0.29) is 12.0 Å². The molecule has 0 unspecified atom stereocenters. The molecule has 1 aromatic carbocycles. The number of amides is 1. The highest BCUT2D eigenvalue weighted by Gasteiger charge is 2.23. The summed E-state index contributed by atoms with van der Waals surface area (Å²) in [5.74, 6) is 1.15. The number of H-pyrrole nitrogens is 1. The number of hydrogen-bond acceptors (Lipinski definition) is 3. The molecule has 1 amide bonds. The Hall–Kier alpha value is -2.14. The third-order valence-corrected chi connectivity index (χ3v) is 3.66. The average molecular weight is 321 g/mol. The van der Waals surface area contributed by atoms with Gasteiger partial charge in [0, 0.05) is 24.2 Å². The molecule has 1 atom stereocenters. The molecule has 0 bridgehead atoms. The lowest BCUT2D eigenvalue weighted by Crippen LogP contribution is -2.13. The summed E-state index contributed by atoms with van der Waals surface area (Å²) in [6, 6.07) is 5.31. The Bertz CT molecular complexity index is 711. The van der Waals surface area contributed by atoms with Crippen LogP contribution in [0.5, 0.6) is 11.5 Å². The number of nitrogens with one attached hydrogen (secondary N) is 2. The first kappa shape index (κ1) is 14.8. The van der Waals surface area contributed by atoms with Crippen molar-refractivity contribution in [2.24, 2.45) is 0 Å². The highest BCUT2D eigenvalue weighted by atomic mass is 35.5. The van der Waals surface area contributed by atoms with Crippen molar-refractivity contribution in [3.05, 3.63) is 40.7 Å². The molecule has 3 rings (SSSR count). The van der Waals surface area contributed by atoms with E-state index in [1.165, 1.54) is 0 Å². The summed E-state index contributed by atoms with van der Waals surface area (Å²) in [7, 11) is 0. The van der Waals surface area contributed by atoms with Crippen LogP contribution in [0.1, 0.15) is 29.9 Å². The molecule has 0 saturated carbocycles. The number of aromatic amines is 1. The summed E-state index contributed by atoms with van der Waals surface area (Å²) >= 11 is 5.83. The molecule has 1 aliphatic rings. The second-order valence-electron chi connectivity index (χ2n) is 5.21. The molecule has 2 heterocycles. The second-order valence-corrected chi connectivity index (χ2v) is 5.64. The first-order chi connectivity index (χ1) is 10.6. The van der Waals surface area contributed by atoms with Crippen molar-refractivity contribution in [1.82, 2.24) is 4.98 Å². The highest BCUT2D eigenvalue weighted by Crippen LogP contribution is 2.38. The fourth-order valence-corrected chi connectivity index (χ4v) is 2.66. The van der Waals surface area contributed by atoms with Crippen molar-refractivity contribution in [2.75, 3.05) is 11.9 Å². The van der Waals surface area contributed by atoms with Gasteiger partial charge in [-0.15, -0.1) is 0 Å². The van der Waals surface area contributed by atoms with Crippen LogP contribution in [0, 0.1) is 0 Å². The van der Waals surface area contributed by atoms with Crippen LogP contribution in [0.3, 0.4) is 0 Å². The molecule has 2 aromatic rings. The minimum atomic E-state index is -0.279. The van der Waals surface area contributed by atoms with Crippen molar-refractivity contribution in [3.8, 4) is 11.5 Å². The Morgan fingerprint density at radius 1 is 1.50 bits per heavy atom. The number of benzene rings is 1. The minimum Gasteiger partial charge on any atom is -0.492 e. The Morgan fingerprint density at radius 3 is 3.00 bits per heavy atom. The van der Waals surface area contributed by atoms with Crippen LogP contribution in [-0.4, -0.2) is 23.6 Å². The number of carbonyl (C=O) groups excluding carboxylic acids is 1. The van der Waals surface area contributed by atoms with E-state index in [9.17, 15) is 4.79 Å². The molecule has 5 nitrogen and oxygen atoms in total. The van der Waals surface area contributed by atoms with E-state index in [1.807, 2.05) is 26.0 Å². The number of carbonyl (C=O) groups is 1. The van der Waals surface area contributed by atoms with Crippen molar-refractivity contribution < 1.29 is 14.3 Å². The van der Waals surface area contributed by atoms with E-state index in [4.69, 9.17) is 21.1 Å². The van der Waals surface area contributed by atoms with Gasteiger partial charge in [0.05, 0.1) is 17.3 Å². The van der Waals surface area contributed by atoms with Gasteiger partial charge in [-0.05, 0) is 26.0 Å². The molecule has 0 spiro atoms. The molecule has 1 aromatic heterocycles. The van der Waals surface area contributed by atoms with Gasteiger partial charge in [-0.2, -0.15) is 0 Å². The third-order valence-electron chi connectivity index (χ3n) is 3.44. The third kappa shape index (κ3) is 2.90. The summed E-state index contributed by atoms with van der Waals surface area (Å²) in [5, 5.41) is 3.32. The minimum absolute atomic E-state index is 0.137. The predicted molar refractivity (Wildman–Crippen MR) is 85.2 cm³/mol. The molecule has 1 aliphatic heterocycles. The van der Waals surface area contributed by atoms with Gasteiger partial charge >= 0.3 is 0 Å². The molecular weight excluding hydrogens is 304 g/mol. The maximum Gasteiger partial charge on any atom is 0.272 e. The molecule has 2 N–H and O–H groups in total. The SMILES string of the molecule is CCOc1cc2c(cc1NC(=O)c1cc(Cl)c[nH]1)O[C@H](C)C2. The maximum absolute atomic E-state index is 12.3. The summed E-state index contributed by atoms with van der Waals surface area (Å²) in [5.41, 5.74) is 2.07. The topological polar surface area (TPSA) is 63.3 Å². The molecule has 0 radical (unpaired) electrons. The summed E-state index contributed by atoms with van der Waals surface area (Å²) in [6.45, 7) is 4.44. The zero-order valence-electron chi connectivity index (χ0n) is 12.4. The normalized spacial score (nSPS) is 16.0. The van der Waals surface area contributed by atoms with Crippen LogP contribution >= 0.6 is 11.6 Å². The standard InChI is InChI=1S/C16H17ClN2O3/c1-3-21-15-5-10-4-9(2)22-14(10)7-12(15)19-16(20)13-6-11(17)8-18-13/h5-9,18H,3-4H2,1-2H3,(H,19,20)/t9-/m1/s1. The number of anilines is 1. The second kappa shape index (κ2) is 5.93. The van der Waals surface area contributed by atoms with Crippen LogP contribution in [-0.2, 0) is 6.42 Å². The number of halogens is 1. The fourth-order valence-electron chi connectivity index (χ4n) is 2.50. The Morgan fingerprint density at radius 2 is 2.32 bits per heavy atom. The largest absolute Gasteiger partial charge is 0.492 e.